The van der Waals surface area contributed by atoms with Crippen LogP contribution in [0, 0.1) is 6.92 Å². The van der Waals surface area contributed by atoms with Crippen molar-refractivity contribution in [3.8, 4) is 11.3 Å². The van der Waals surface area contributed by atoms with Crippen LogP contribution >= 0.6 is 0 Å². The standard InChI is InChI=1S/C23H26N6O/c1-15-2-11-21(30-15)16-3-7-18(8-4-16)26-20-14-22(28-29-13-12-25-23(20)29)27-19-9-5-17(24)6-10-19/h2-4,7-8,11-14,17,19,26H,5-6,9-10,24H2,1H3,(H,27,28). The smallest absolute Gasteiger partial charge is 0.177 e. The van der Waals surface area contributed by atoms with E-state index in [9.17, 15) is 0 Å². The average molecular weight is 403 g/mol. The van der Waals surface area contributed by atoms with E-state index in [1.807, 2.05) is 43.5 Å². The van der Waals surface area contributed by atoms with Crippen LogP contribution < -0.4 is 16.4 Å². The van der Waals surface area contributed by atoms with E-state index in [1.165, 1.54) is 0 Å². The first kappa shape index (κ1) is 18.7. The first-order valence-corrected chi connectivity index (χ1v) is 10.4. The van der Waals surface area contributed by atoms with E-state index in [-0.39, 0.29) is 0 Å². The fourth-order valence-corrected chi connectivity index (χ4v) is 4.01. The molecule has 1 aromatic carbocycles. The molecule has 1 aliphatic rings. The highest BCUT2D eigenvalue weighted by Gasteiger charge is 2.19. The number of hydrogen-bond acceptors (Lipinski definition) is 6. The molecule has 5 rings (SSSR count). The van der Waals surface area contributed by atoms with Gasteiger partial charge in [0.2, 0.25) is 0 Å². The average Bonchev–Trinajstić information content (AvgIpc) is 3.39. The molecule has 0 radical (unpaired) electrons. The molecule has 7 nitrogen and oxygen atoms in total. The van der Waals surface area contributed by atoms with Crippen LogP contribution in [0.1, 0.15) is 31.4 Å². The summed E-state index contributed by atoms with van der Waals surface area (Å²) in [5.41, 5.74) is 9.76. The minimum atomic E-state index is 0.331. The van der Waals surface area contributed by atoms with Crippen LogP contribution in [0.5, 0.6) is 0 Å². The van der Waals surface area contributed by atoms with Crippen molar-refractivity contribution in [1.29, 1.82) is 0 Å². The summed E-state index contributed by atoms with van der Waals surface area (Å²) >= 11 is 0. The Morgan fingerprint density at radius 2 is 1.87 bits per heavy atom. The van der Waals surface area contributed by atoms with Gasteiger partial charge in [-0.15, -0.1) is 5.10 Å². The van der Waals surface area contributed by atoms with Gasteiger partial charge >= 0.3 is 0 Å². The zero-order chi connectivity index (χ0) is 20.5. The number of aryl methyl sites for hydroxylation is 1. The van der Waals surface area contributed by atoms with Crippen molar-refractivity contribution >= 4 is 22.8 Å². The van der Waals surface area contributed by atoms with Gasteiger partial charge in [-0.05, 0) is 69.0 Å². The van der Waals surface area contributed by atoms with Crippen LogP contribution in [0.2, 0.25) is 0 Å². The van der Waals surface area contributed by atoms with Gasteiger partial charge in [0.15, 0.2) is 5.65 Å². The van der Waals surface area contributed by atoms with Gasteiger partial charge in [0.05, 0.1) is 5.69 Å². The molecule has 1 fully saturated rings. The molecule has 3 heterocycles. The molecule has 4 aromatic rings. The number of hydrogen-bond donors (Lipinski definition) is 3. The molecule has 0 spiro atoms. The second-order valence-electron chi connectivity index (χ2n) is 8.01. The maximum atomic E-state index is 6.04. The highest BCUT2D eigenvalue weighted by molar-refractivity contribution is 5.76. The lowest BCUT2D eigenvalue weighted by atomic mass is 9.92. The molecule has 0 amide bonds. The summed E-state index contributed by atoms with van der Waals surface area (Å²) in [6.45, 7) is 1.95. The zero-order valence-electron chi connectivity index (χ0n) is 17.0. The number of nitrogens with two attached hydrogens (primary N) is 1. The topological polar surface area (TPSA) is 93.4 Å². The van der Waals surface area contributed by atoms with Gasteiger partial charge in [-0.25, -0.2) is 9.50 Å². The molecule has 0 bridgehead atoms. The molecule has 3 aromatic heterocycles. The molecular formula is C23H26N6O. The predicted octanol–water partition coefficient (Wildman–Crippen LogP) is 4.72. The third-order valence-electron chi connectivity index (χ3n) is 5.67. The third kappa shape index (κ3) is 3.89. The van der Waals surface area contributed by atoms with Crippen molar-refractivity contribution in [2.24, 2.45) is 5.73 Å². The van der Waals surface area contributed by atoms with Crippen molar-refractivity contribution in [2.75, 3.05) is 10.6 Å². The van der Waals surface area contributed by atoms with E-state index in [4.69, 9.17) is 10.2 Å². The van der Waals surface area contributed by atoms with Gasteiger partial charge in [-0.2, -0.15) is 0 Å². The summed E-state index contributed by atoms with van der Waals surface area (Å²) < 4.78 is 7.52. The van der Waals surface area contributed by atoms with E-state index in [0.717, 1.165) is 65.6 Å². The molecule has 1 aliphatic carbocycles. The fourth-order valence-electron chi connectivity index (χ4n) is 4.01. The van der Waals surface area contributed by atoms with E-state index in [2.05, 4.69) is 32.8 Å². The molecule has 1 saturated carbocycles. The number of benzene rings is 1. The predicted molar refractivity (Wildman–Crippen MR) is 119 cm³/mol. The summed E-state index contributed by atoms with van der Waals surface area (Å²) in [7, 11) is 0. The van der Waals surface area contributed by atoms with Crippen LogP contribution in [0.25, 0.3) is 17.0 Å². The van der Waals surface area contributed by atoms with Gasteiger partial charge in [0.25, 0.3) is 0 Å². The van der Waals surface area contributed by atoms with Crippen LogP contribution in [0.4, 0.5) is 17.2 Å². The van der Waals surface area contributed by atoms with Crippen LogP contribution in [0.15, 0.2) is 59.3 Å². The van der Waals surface area contributed by atoms with Crippen molar-refractivity contribution in [1.82, 2.24) is 14.6 Å². The number of fused-ring (bicyclic) bond motifs is 1. The Bertz CT molecular complexity index is 1140. The minimum absolute atomic E-state index is 0.331. The zero-order valence-corrected chi connectivity index (χ0v) is 17.0. The lowest BCUT2D eigenvalue weighted by Gasteiger charge is -2.27. The number of imidazole rings is 1. The molecule has 154 valence electrons. The molecule has 0 saturated heterocycles. The Morgan fingerprint density at radius 1 is 1.07 bits per heavy atom. The molecule has 30 heavy (non-hydrogen) atoms. The quantitative estimate of drug-likeness (QED) is 0.447. The maximum absolute atomic E-state index is 6.04. The number of anilines is 3. The normalized spacial score (nSPS) is 19.1. The van der Waals surface area contributed by atoms with Gasteiger partial charge in [0, 0.05) is 41.8 Å². The summed E-state index contributed by atoms with van der Waals surface area (Å²) in [5, 5.41) is 11.7. The SMILES string of the molecule is Cc1ccc(-c2ccc(Nc3cc(NC4CCC(N)CC4)nn4ccnc34)cc2)o1. The lowest BCUT2D eigenvalue weighted by Crippen LogP contribution is -2.33. The molecule has 0 unspecified atom stereocenters. The van der Waals surface area contributed by atoms with Crippen molar-refractivity contribution in [3.63, 3.8) is 0 Å². The second kappa shape index (κ2) is 7.84. The molecule has 7 heteroatoms. The largest absolute Gasteiger partial charge is 0.461 e. The lowest BCUT2D eigenvalue weighted by molar-refractivity contribution is 0.410. The molecule has 0 aliphatic heterocycles. The molecule has 0 atom stereocenters. The van der Waals surface area contributed by atoms with Crippen LogP contribution in [-0.2, 0) is 0 Å². The number of aromatic nitrogens is 3. The van der Waals surface area contributed by atoms with E-state index in [0.29, 0.717) is 12.1 Å². The van der Waals surface area contributed by atoms with Gasteiger partial charge in [0.1, 0.15) is 17.3 Å². The van der Waals surface area contributed by atoms with E-state index in [1.54, 1.807) is 10.7 Å². The number of nitrogens with zero attached hydrogens (tertiary/aromatic N) is 3. The Labute approximate surface area is 175 Å². The van der Waals surface area contributed by atoms with Crippen molar-refractivity contribution < 1.29 is 4.42 Å². The number of furan rings is 1. The first-order valence-electron chi connectivity index (χ1n) is 10.4. The van der Waals surface area contributed by atoms with Gasteiger partial charge < -0.3 is 20.8 Å². The Balaban J connectivity index is 1.37. The van der Waals surface area contributed by atoms with E-state index < -0.39 is 0 Å². The number of rotatable bonds is 5. The summed E-state index contributed by atoms with van der Waals surface area (Å²) in [4.78, 5) is 4.46. The highest BCUT2D eigenvalue weighted by Crippen LogP contribution is 2.28. The minimum Gasteiger partial charge on any atom is -0.461 e. The Kier molecular flexibility index (Phi) is 4.88. The van der Waals surface area contributed by atoms with Crippen molar-refractivity contribution in [2.45, 2.75) is 44.7 Å². The molecule has 4 N–H and O–H groups in total. The Morgan fingerprint density at radius 3 is 2.60 bits per heavy atom. The van der Waals surface area contributed by atoms with Crippen LogP contribution in [-0.4, -0.2) is 26.7 Å². The van der Waals surface area contributed by atoms with Gasteiger partial charge in [-0.3, -0.25) is 0 Å². The summed E-state index contributed by atoms with van der Waals surface area (Å²) in [6.07, 6.45) is 7.88. The highest BCUT2D eigenvalue weighted by atomic mass is 16.3. The third-order valence-corrected chi connectivity index (χ3v) is 5.67. The fraction of sp³-hybridized carbons (Fsp3) is 0.304. The molecular weight excluding hydrogens is 376 g/mol. The number of nitrogens with one attached hydrogen (secondary N) is 2. The second-order valence-corrected chi connectivity index (χ2v) is 8.01. The summed E-state index contributed by atoms with van der Waals surface area (Å²) in [5.74, 6) is 2.62. The van der Waals surface area contributed by atoms with Crippen LogP contribution in [0.3, 0.4) is 0 Å². The Hall–Kier alpha value is -3.32. The first-order chi connectivity index (χ1) is 14.6. The van der Waals surface area contributed by atoms with E-state index >= 15 is 0 Å². The van der Waals surface area contributed by atoms with Gasteiger partial charge in [-0.1, -0.05) is 0 Å². The monoisotopic (exact) mass is 402 g/mol. The maximum Gasteiger partial charge on any atom is 0.177 e. The summed E-state index contributed by atoms with van der Waals surface area (Å²) in [6, 6.07) is 14.9. The van der Waals surface area contributed by atoms with Crippen molar-refractivity contribution in [3.05, 3.63) is 60.6 Å².